The number of fused-ring (bicyclic) bond motifs is 2. The molecule has 37 heavy (non-hydrogen) atoms. The van der Waals surface area contributed by atoms with Crippen LogP contribution in [-0.4, -0.2) is 42.3 Å². The van der Waals surface area contributed by atoms with Crippen molar-refractivity contribution < 1.29 is 19.1 Å². The maximum absolute atomic E-state index is 13.9. The van der Waals surface area contributed by atoms with Gasteiger partial charge in [-0.05, 0) is 61.9 Å². The van der Waals surface area contributed by atoms with Gasteiger partial charge in [0.2, 0.25) is 11.8 Å². The molecular weight excluding hydrogens is 468 g/mol. The zero-order valence-electron chi connectivity index (χ0n) is 21.0. The van der Waals surface area contributed by atoms with E-state index >= 15 is 0 Å². The zero-order valence-corrected chi connectivity index (χ0v) is 21.0. The highest BCUT2D eigenvalue weighted by Gasteiger charge is 2.41. The molecule has 5 rings (SSSR count). The number of amides is 2. The first-order valence-corrected chi connectivity index (χ1v) is 12.7. The number of Topliss-reactive ketones (excluding diaryl/α,β-unsaturated/α-hetero) is 1. The lowest BCUT2D eigenvalue weighted by Crippen LogP contribution is -2.44. The monoisotopic (exact) mass is 498 g/mol. The molecule has 0 bridgehead atoms. The van der Waals surface area contributed by atoms with Crippen molar-refractivity contribution in [2.24, 2.45) is 11.8 Å². The minimum Gasteiger partial charge on any atom is -0.496 e. The number of nitrogens with one attached hydrogen (secondary N) is 3. The Balaban J connectivity index is 1.46. The number of aryl methyl sites for hydroxylation is 2. The number of aromatic amines is 1. The van der Waals surface area contributed by atoms with Crippen molar-refractivity contribution in [2.75, 3.05) is 13.7 Å². The van der Waals surface area contributed by atoms with Crippen LogP contribution >= 0.6 is 0 Å². The molecular formula is C29H30N4O4. The van der Waals surface area contributed by atoms with Crippen molar-refractivity contribution in [3.05, 3.63) is 64.8 Å². The van der Waals surface area contributed by atoms with Crippen LogP contribution in [0.25, 0.3) is 10.9 Å². The highest BCUT2D eigenvalue weighted by Crippen LogP contribution is 2.39. The van der Waals surface area contributed by atoms with Crippen LogP contribution in [0.3, 0.4) is 0 Å². The summed E-state index contributed by atoms with van der Waals surface area (Å²) in [5.41, 5.74) is 4.17. The number of aromatic nitrogens is 1. The summed E-state index contributed by atoms with van der Waals surface area (Å²) in [6, 6.07) is 14.6. The number of hydrogen-bond acceptors (Lipinski definition) is 5. The second-order valence-electron chi connectivity index (χ2n) is 10.00. The van der Waals surface area contributed by atoms with E-state index in [-0.39, 0.29) is 29.9 Å². The fourth-order valence-corrected chi connectivity index (χ4v) is 5.75. The number of nitriles is 1. The standard InChI is InChI=1S/C29H30N4O4/c1-16-6-8-20-17(12-16)7-9-21(27(34)24-14-22-23(33-24)4-3-5-25(22)37-2)26(20)29(36)32-19(15-30)13-18-10-11-31-28(18)35/h3-6,8,12,14,18-19,21,26,33H,7,9-11,13H2,1-2H3,(H,31,35)(H,32,36)/t18-,19-,21?,26?/m0/s1. The van der Waals surface area contributed by atoms with Crippen LogP contribution in [0, 0.1) is 30.1 Å². The number of benzene rings is 2. The molecule has 3 aromatic rings. The number of carbonyl (C=O) groups is 3. The zero-order chi connectivity index (χ0) is 26.1. The topological polar surface area (TPSA) is 124 Å². The Hall–Kier alpha value is -4.12. The first-order chi connectivity index (χ1) is 17.9. The van der Waals surface area contributed by atoms with E-state index in [1.54, 1.807) is 13.2 Å². The molecule has 3 N–H and O–H groups in total. The lowest BCUT2D eigenvalue weighted by molar-refractivity contribution is -0.125. The van der Waals surface area contributed by atoms with Crippen LogP contribution in [0.1, 0.15) is 52.4 Å². The molecule has 1 aromatic heterocycles. The van der Waals surface area contributed by atoms with E-state index in [0.29, 0.717) is 37.3 Å². The number of nitrogens with zero attached hydrogens (tertiary/aromatic N) is 1. The lowest BCUT2D eigenvalue weighted by Gasteiger charge is -2.32. The van der Waals surface area contributed by atoms with Gasteiger partial charge in [-0.25, -0.2) is 0 Å². The average Bonchev–Trinajstić information content (AvgIpc) is 3.52. The molecule has 1 aliphatic carbocycles. The molecule has 4 atom stereocenters. The molecule has 2 aliphatic rings. The number of methoxy groups -OCH3 is 1. The van der Waals surface area contributed by atoms with Gasteiger partial charge in [-0.3, -0.25) is 14.4 Å². The SMILES string of the molecule is COc1cccc2[nH]c(C(=O)C3CCc4cc(C)ccc4C3C(=O)N[C@H](C#N)C[C@@H]3CCNC3=O)cc12. The van der Waals surface area contributed by atoms with E-state index < -0.39 is 17.9 Å². The summed E-state index contributed by atoms with van der Waals surface area (Å²) in [7, 11) is 1.59. The molecule has 1 fully saturated rings. The predicted octanol–water partition coefficient (Wildman–Crippen LogP) is 3.55. The summed E-state index contributed by atoms with van der Waals surface area (Å²) >= 11 is 0. The average molecular weight is 499 g/mol. The first-order valence-electron chi connectivity index (χ1n) is 12.7. The largest absolute Gasteiger partial charge is 0.496 e. The maximum atomic E-state index is 13.9. The fraction of sp³-hybridized carbons (Fsp3) is 0.379. The van der Waals surface area contributed by atoms with Crippen molar-refractivity contribution >= 4 is 28.5 Å². The minimum absolute atomic E-state index is 0.0877. The van der Waals surface area contributed by atoms with Gasteiger partial charge in [0.1, 0.15) is 11.8 Å². The van der Waals surface area contributed by atoms with E-state index in [1.165, 1.54) is 0 Å². The Morgan fingerprint density at radius 3 is 2.78 bits per heavy atom. The van der Waals surface area contributed by atoms with Crippen LogP contribution in [0.5, 0.6) is 5.75 Å². The lowest BCUT2D eigenvalue weighted by atomic mass is 9.71. The van der Waals surface area contributed by atoms with Gasteiger partial charge in [-0.2, -0.15) is 5.26 Å². The number of rotatable bonds is 7. The first kappa shape index (κ1) is 24.6. The highest BCUT2D eigenvalue weighted by atomic mass is 16.5. The number of H-pyrrole nitrogens is 1. The summed E-state index contributed by atoms with van der Waals surface area (Å²) in [5, 5.41) is 16.2. The van der Waals surface area contributed by atoms with Crippen LogP contribution in [0.15, 0.2) is 42.5 Å². The molecule has 0 spiro atoms. The van der Waals surface area contributed by atoms with Crippen molar-refractivity contribution in [3.63, 3.8) is 0 Å². The molecule has 1 saturated heterocycles. The third-order valence-electron chi connectivity index (χ3n) is 7.64. The van der Waals surface area contributed by atoms with Crippen LogP contribution in [0.4, 0.5) is 0 Å². The number of hydrogen-bond donors (Lipinski definition) is 3. The quantitative estimate of drug-likeness (QED) is 0.430. The smallest absolute Gasteiger partial charge is 0.229 e. The van der Waals surface area contributed by atoms with Crippen LogP contribution < -0.4 is 15.4 Å². The third-order valence-corrected chi connectivity index (χ3v) is 7.64. The van der Waals surface area contributed by atoms with Crippen molar-refractivity contribution in [2.45, 2.75) is 44.6 Å². The molecule has 8 heteroatoms. The van der Waals surface area contributed by atoms with Crippen molar-refractivity contribution in [3.8, 4) is 11.8 Å². The number of ketones is 1. The summed E-state index contributed by atoms with van der Waals surface area (Å²) in [5.74, 6) is -1.56. The van der Waals surface area contributed by atoms with E-state index in [4.69, 9.17) is 4.74 Å². The molecule has 2 unspecified atom stereocenters. The summed E-state index contributed by atoms with van der Waals surface area (Å²) in [6.07, 6.45) is 2.10. The Kier molecular flexibility index (Phi) is 6.70. The predicted molar refractivity (Wildman–Crippen MR) is 138 cm³/mol. The maximum Gasteiger partial charge on any atom is 0.229 e. The van der Waals surface area contributed by atoms with E-state index in [2.05, 4.69) is 27.8 Å². The van der Waals surface area contributed by atoms with Gasteiger partial charge >= 0.3 is 0 Å². The van der Waals surface area contributed by atoms with Crippen LogP contribution in [-0.2, 0) is 16.0 Å². The normalized spacial score (nSPS) is 21.5. The fourth-order valence-electron chi connectivity index (χ4n) is 5.75. The van der Waals surface area contributed by atoms with Gasteiger partial charge in [-0.1, -0.05) is 29.8 Å². The van der Waals surface area contributed by atoms with E-state index in [1.807, 2.05) is 37.3 Å². The Labute approximate surface area is 215 Å². The minimum atomic E-state index is -0.815. The van der Waals surface area contributed by atoms with Crippen molar-refractivity contribution in [1.82, 2.24) is 15.6 Å². The Morgan fingerprint density at radius 2 is 2.05 bits per heavy atom. The van der Waals surface area contributed by atoms with Gasteiger partial charge < -0.3 is 20.4 Å². The van der Waals surface area contributed by atoms with Crippen molar-refractivity contribution in [1.29, 1.82) is 5.26 Å². The second kappa shape index (κ2) is 10.1. The summed E-state index contributed by atoms with van der Waals surface area (Å²) < 4.78 is 5.45. The third kappa shape index (κ3) is 4.69. The molecule has 0 radical (unpaired) electrons. The molecule has 2 aromatic carbocycles. The Morgan fingerprint density at radius 1 is 1.22 bits per heavy atom. The Bertz CT molecular complexity index is 1420. The van der Waals surface area contributed by atoms with E-state index in [9.17, 15) is 19.6 Å². The number of ether oxygens (including phenoxy) is 1. The summed E-state index contributed by atoms with van der Waals surface area (Å²) in [6.45, 7) is 2.58. The second-order valence-corrected chi connectivity index (χ2v) is 10.00. The van der Waals surface area contributed by atoms with Gasteiger partial charge in [0, 0.05) is 29.3 Å². The van der Waals surface area contributed by atoms with Gasteiger partial charge in [0.25, 0.3) is 0 Å². The molecule has 190 valence electrons. The molecule has 2 heterocycles. The molecule has 0 saturated carbocycles. The number of carbonyl (C=O) groups excluding carboxylic acids is 3. The summed E-state index contributed by atoms with van der Waals surface area (Å²) in [4.78, 5) is 42.9. The van der Waals surface area contributed by atoms with Gasteiger partial charge in [-0.15, -0.1) is 0 Å². The molecule has 1 aliphatic heterocycles. The van der Waals surface area contributed by atoms with Gasteiger partial charge in [0.15, 0.2) is 5.78 Å². The molecule has 2 amide bonds. The van der Waals surface area contributed by atoms with Crippen LogP contribution in [0.2, 0.25) is 0 Å². The van der Waals surface area contributed by atoms with Gasteiger partial charge in [0.05, 0.1) is 24.8 Å². The highest BCUT2D eigenvalue weighted by molar-refractivity contribution is 6.05. The van der Waals surface area contributed by atoms with E-state index in [0.717, 1.165) is 27.6 Å². The molecule has 8 nitrogen and oxygen atoms in total.